The van der Waals surface area contributed by atoms with Crippen LogP contribution in [0.15, 0.2) is 30.5 Å². The summed E-state index contributed by atoms with van der Waals surface area (Å²) in [5.41, 5.74) is 0.358. The Morgan fingerprint density at radius 2 is 1.86 bits per heavy atom. The van der Waals surface area contributed by atoms with Gasteiger partial charge in [0, 0.05) is 44.9 Å². The van der Waals surface area contributed by atoms with E-state index in [-0.39, 0.29) is 54.3 Å². The highest BCUT2D eigenvalue weighted by Crippen LogP contribution is 2.46. The molecule has 3 saturated heterocycles. The second-order valence-corrected chi connectivity index (χ2v) is 14.5. The Morgan fingerprint density at radius 3 is 2.61 bits per heavy atom. The molecule has 4 aromatic rings. The van der Waals surface area contributed by atoms with E-state index >= 15 is 8.78 Å². The van der Waals surface area contributed by atoms with Gasteiger partial charge < -0.3 is 23.8 Å². The average molecular weight is 706 g/mol. The molecule has 51 heavy (non-hydrogen) atoms. The lowest BCUT2D eigenvalue weighted by Crippen LogP contribution is -2.43. The fourth-order valence-corrected chi connectivity index (χ4v) is 9.23. The third kappa shape index (κ3) is 5.91. The zero-order valence-electron chi connectivity index (χ0n) is 29.1. The van der Waals surface area contributed by atoms with Gasteiger partial charge in [0.05, 0.1) is 24.0 Å². The van der Waals surface area contributed by atoms with Crippen molar-refractivity contribution < 1.29 is 36.9 Å². The van der Waals surface area contributed by atoms with Crippen molar-refractivity contribution in [3.63, 3.8) is 0 Å². The average Bonchev–Trinajstić information content (AvgIpc) is 3.89. The highest BCUT2D eigenvalue weighted by Gasteiger charge is 2.50. The van der Waals surface area contributed by atoms with E-state index in [0.29, 0.717) is 84.2 Å². The number of pyridine rings is 1. The standard InChI is InChI=1S/C38H42F3N5O5/c1-4-27-30(40)7-6-21-12-26(51-20-48-2)13-28(31(21)27)33-32(41)34-29(15-42-33)35(45-16-23-10-22(36(47)49-3)11-24(23)17-45)44-37(43-34)50-19-38-8-5-9-46(38)18-25(39)14-38/h6-7,12-13,15,22-25H,4-5,8-11,14,16-20H2,1-3H3/t22?,23?,24?,25-,38+/m1/s1. The van der Waals surface area contributed by atoms with E-state index in [4.69, 9.17) is 23.9 Å². The van der Waals surface area contributed by atoms with Crippen LogP contribution in [-0.4, -0.2) is 91.3 Å². The largest absolute Gasteiger partial charge is 0.469 e. The number of aromatic nitrogens is 3. The van der Waals surface area contributed by atoms with Crippen molar-refractivity contribution >= 4 is 33.5 Å². The maximum absolute atomic E-state index is 17.2. The van der Waals surface area contributed by atoms with E-state index in [1.165, 1.54) is 20.3 Å². The third-order valence-electron chi connectivity index (χ3n) is 11.6. The van der Waals surface area contributed by atoms with Crippen LogP contribution in [0.3, 0.4) is 0 Å². The molecular formula is C38H42F3N5O5. The Hall–Kier alpha value is -4.23. The Kier molecular flexibility index (Phi) is 8.90. The minimum absolute atomic E-state index is 0.00362. The number of nitrogens with zero attached hydrogens (tertiary/aromatic N) is 5. The van der Waals surface area contributed by atoms with Crippen LogP contribution in [-0.2, 0) is 20.7 Å². The Labute approximate surface area is 294 Å². The number of carbonyl (C=O) groups excluding carboxylic acids is 1. The number of carbonyl (C=O) groups is 1. The summed E-state index contributed by atoms with van der Waals surface area (Å²) in [5.74, 6) is -0.0109. The summed E-state index contributed by atoms with van der Waals surface area (Å²) in [4.78, 5) is 30.7. The second-order valence-electron chi connectivity index (χ2n) is 14.5. The minimum atomic E-state index is -0.929. The van der Waals surface area contributed by atoms with E-state index in [1.54, 1.807) is 24.4 Å². The van der Waals surface area contributed by atoms with E-state index in [1.807, 2.05) is 6.92 Å². The van der Waals surface area contributed by atoms with Gasteiger partial charge in [0.15, 0.2) is 12.6 Å². The lowest BCUT2D eigenvalue weighted by Gasteiger charge is -2.31. The van der Waals surface area contributed by atoms with Gasteiger partial charge in [-0.15, -0.1) is 0 Å². The summed E-state index contributed by atoms with van der Waals surface area (Å²) in [6.07, 6.45) is 4.57. The molecule has 4 atom stereocenters. The SMILES string of the molecule is CCc1c(F)ccc2cc(OCOC)cc(-c3ncc4c(N5CC6CC(C(=O)OC)CC6C5)nc(OC[C@@]56CCCN5C[C@H](F)C6)nc4c3F)c12. The summed E-state index contributed by atoms with van der Waals surface area (Å²) < 4.78 is 69.2. The molecule has 13 heteroatoms. The van der Waals surface area contributed by atoms with Gasteiger partial charge in [-0.1, -0.05) is 13.0 Å². The molecule has 4 aliphatic rings. The van der Waals surface area contributed by atoms with Crippen LogP contribution >= 0.6 is 0 Å². The summed E-state index contributed by atoms with van der Waals surface area (Å²) >= 11 is 0. The molecule has 1 aliphatic carbocycles. The Morgan fingerprint density at radius 1 is 1.06 bits per heavy atom. The molecule has 8 rings (SSSR count). The molecule has 270 valence electrons. The maximum Gasteiger partial charge on any atom is 0.319 e. The smallest absolute Gasteiger partial charge is 0.319 e. The molecule has 0 N–H and O–H groups in total. The van der Waals surface area contributed by atoms with Gasteiger partial charge in [-0.05, 0) is 85.0 Å². The van der Waals surface area contributed by atoms with Gasteiger partial charge in [0.1, 0.15) is 41.4 Å². The maximum atomic E-state index is 17.2. The van der Waals surface area contributed by atoms with Crippen molar-refractivity contribution in [1.29, 1.82) is 0 Å². The molecule has 4 fully saturated rings. The highest BCUT2D eigenvalue weighted by molar-refractivity contribution is 6.02. The van der Waals surface area contributed by atoms with Crippen LogP contribution < -0.4 is 14.4 Å². The van der Waals surface area contributed by atoms with Crippen LogP contribution in [0, 0.1) is 29.4 Å². The van der Waals surface area contributed by atoms with E-state index in [2.05, 4.69) is 19.8 Å². The van der Waals surface area contributed by atoms with E-state index in [0.717, 1.165) is 19.4 Å². The van der Waals surface area contributed by atoms with Gasteiger partial charge in [-0.3, -0.25) is 14.7 Å². The molecule has 0 spiro atoms. The van der Waals surface area contributed by atoms with Gasteiger partial charge >= 0.3 is 12.0 Å². The predicted octanol–water partition coefficient (Wildman–Crippen LogP) is 6.26. The molecule has 0 radical (unpaired) electrons. The monoisotopic (exact) mass is 705 g/mol. The second kappa shape index (κ2) is 13.4. The fourth-order valence-electron chi connectivity index (χ4n) is 9.23. The number of hydrogen-bond acceptors (Lipinski definition) is 10. The topological polar surface area (TPSA) is 99.1 Å². The normalized spacial score (nSPS) is 25.9. The number of esters is 1. The molecule has 3 aliphatic heterocycles. The predicted molar refractivity (Wildman–Crippen MR) is 185 cm³/mol. The van der Waals surface area contributed by atoms with Crippen LogP contribution in [0.2, 0.25) is 0 Å². The van der Waals surface area contributed by atoms with Gasteiger partial charge in [0.25, 0.3) is 0 Å². The minimum Gasteiger partial charge on any atom is -0.469 e. The molecule has 2 aromatic heterocycles. The first-order valence-electron chi connectivity index (χ1n) is 17.8. The number of anilines is 1. The van der Waals surface area contributed by atoms with Crippen molar-refractivity contribution in [2.75, 3.05) is 58.7 Å². The number of ether oxygens (including phenoxy) is 4. The molecule has 10 nitrogen and oxygen atoms in total. The highest BCUT2D eigenvalue weighted by atomic mass is 19.1. The summed E-state index contributed by atoms with van der Waals surface area (Å²) in [5, 5.41) is 1.62. The van der Waals surface area contributed by atoms with Gasteiger partial charge in [-0.25, -0.2) is 13.2 Å². The number of alkyl halides is 1. The Balaban J connectivity index is 1.23. The van der Waals surface area contributed by atoms with E-state index in [9.17, 15) is 9.18 Å². The number of benzene rings is 2. The molecule has 0 bridgehead atoms. The fraction of sp³-hybridized carbons (Fsp3) is 0.526. The molecule has 5 heterocycles. The molecule has 2 unspecified atom stereocenters. The number of hydrogen-bond donors (Lipinski definition) is 0. The number of aryl methyl sites for hydroxylation is 1. The Bertz CT molecular complexity index is 1990. The van der Waals surface area contributed by atoms with Crippen molar-refractivity contribution in [3.8, 4) is 23.0 Å². The number of methoxy groups -OCH3 is 2. The summed E-state index contributed by atoms with van der Waals surface area (Å²) in [6.45, 7) is 4.44. The van der Waals surface area contributed by atoms with Crippen molar-refractivity contribution in [2.45, 2.75) is 57.2 Å². The van der Waals surface area contributed by atoms with Crippen molar-refractivity contribution in [1.82, 2.24) is 19.9 Å². The van der Waals surface area contributed by atoms with Crippen LogP contribution in [0.5, 0.6) is 11.8 Å². The lowest BCUT2D eigenvalue weighted by atomic mass is 9.94. The lowest BCUT2D eigenvalue weighted by molar-refractivity contribution is -0.145. The third-order valence-corrected chi connectivity index (χ3v) is 11.6. The van der Waals surface area contributed by atoms with Gasteiger partial charge in [-0.2, -0.15) is 9.97 Å². The molecule has 0 amide bonds. The van der Waals surface area contributed by atoms with Crippen LogP contribution in [0.1, 0.15) is 44.6 Å². The van der Waals surface area contributed by atoms with E-state index < -0.39 is 23.3 Å². The molecular weight excluding hydrogens is 663 g/mol. The van der Waals surface area contributed by atoms with Crippen LogP contribution in [0.4, 0.5) is 19.0 Å². The number of rotatable bonds is 10. The zero-order valence-corrected chi connectivity index (χ0v) is 29.1. The quantitative estimate of drug-likeness (QED) is 0.139. The summed E-state index contributed by atoms with van der Waals surface area (Å²) in [7, 11) is 2.92. The zero-order chi connectivity index (χ0) is 35.4. The van der Waals surface area contributed by atoms with Crippen molar-refractivity contribution in [3.05, 3.63) is 47.7 Å². The first-order chi connectivity index (χ1) is 24.7. The van der Waals surface area contributed by atoms with Crippen molar-refractivity contribution in [2.24, 2.45) is 17.8 Å². The first-order valence-corrected chi connectivity index (χ1v) is 17.8. The number of halogens is 3. The molecule has 2 aromatic carbocycles. The molecule has 1 saturated carbocycles. The first kappa shape index (κ1) is 33.9. The summed E-state index contributed by atoms with van der Waals surface area (Å²) in [6, 6.07) is 6.47. The number of fused-ring (bicyclic) bond motifs is 4. The van der Waals surface area contributed by atoms with Gasteiger partial charge in [0.2, 0.25) is 0 Å². The van der Waals surface area contributed by atoms with Crippen LogP contribution in [0.25, 0.3) is 32.9 Å².